The first kappa shape index (κ1) is 23.3. The molecule has 1 amide bonds. The minimum Gasteiger partial charge on any atom is -0.404 e. The molecule has 4 rings (SSSR count). The van der Waals surface area contributed by atoms with Crippen LogP contribution in [-0.4, -0.2) is 44.6 Å². The van der Waals surface area contributed by atoms with Gasteiger partial charge in [-0.15, -0.1) is 13.2 Å². The zero-order chi connectivity index (χ0) is 23.1. The van der Waals surface area contributed by atoms with Crippen molar-refractivity contribution in [2.24, 2.45) is 5.41 Å². The Hall–Kier alpha value is -1.86. The third-order valence-electron chi connectivity index (χ3n) is 6.02. The summed E-state index contributed by atoms with van der Waals surface area (Å²) in [5, 5.41) is 0. The van der Waals surface area contributed by atoms with Gasteiger partial charge in [0.05, 0.1) is 5.41 Å². The van der Waals surface area contributed by atoms with Gasteiger partial charge in [-0.2, -0.15) is 4.31 Å². The second-order valence-electron chi connectivity index (χ2n) is 7.86. The smallest absolute Gasteiger partial charge is 0.404 e. The van der Waals surface area contributed by atoms with Gasteiger partial charge in [0.2, 0.25) is 15.9 Å². The number of hydrogen-bond donors (Lipinski definition) is 0. The van der Waals surface area contributed by atoms with Crippen LogP contribution in [0.2, 0.25) is 0 Å². The highest BCUT2D eigenvalue weighted by Crippen LogP contribution is 2.44. The zero-order valence-electron chi connectivity index (χ0n) is 16.8. The first-order valence-corrected chi connectivity index (χ1v) is 12.5. The minimum atomic E-state index is -5.01. The Bertz CT molecular complexity index is 1110. The lowest BCUT2D eigenvalue weighted by Crippen LogP contribution is -2.46. The molecule has 0 atom stereocenters. The van der Waals surface area contributed by atoms with Crippen molar-refractivity contribution in [2.75, 3.05) is 24.5 Å². The summed E-state index contributed by atoms with van der Waals surface area (Å²) in [6.45, 7) is 0.651. The lowest BCUT2D eigenvalue weighted by atomic mass is 9.77. The molecule has 0 radical (unpaired) electrons. The van der Waals surface area contributed by atoms with Gasteiger partial charge in [0.15, 0.2) is 0 Å². The maximum absolute atomic E-state index is 13.2. The predicted octanol–water partition coefficient (Wildman–Crippen LogP) is 4.40. The van der Waals surface area contributed by atoms with E-state index in [1.807, 2.05) is 24.3 Å². The molecule has 2 aliphatic rings. The number of alkyl halides is 3. The maximum Gasteiger partial charge on any atom is 0.573 e. The fourth-order valence-corrected chi connectivity index (χ4v) is 6.23. The highest BCUT2D eigenvalue weighted by atomic mass is 127. The maximum atomic E-state index is 13.2. The average Bonchev–Trinajstić information content (AvgIpc) is 3.04. The van der Waals surface area contributed by atoms with Crippen molar-refractivity contribution in [1.29, 1.82) is 0 Å². The third kappa shape index (κ3) is 4.46. The first-order valence-electron chi connectivity index (χ1n) is 9.94. The molecule has 2 aromatic rings. The summed E-state index contributed by atoms with van der Waals surface area (Å²) < 4.78 is 70.4. The molecular weight excluding hydrogens is 560 g/mol. The molecule has 0 unspecified atom stereocenters. The van der Waals surface area contributed by atoms with Crippen LogP contribution in [-0.2, 0) is 14.8 Å². The van der Waals surface area contributed by atoms with Crippen molar-refractivity contribution >= 4 is 44.2 Å². The Morgan fingerprint density at radius 3 is 2.16 bits per heavy atom. The van der Waals surface area contributed by atoms with Crippen LogP contribution in [0, 0.1) is 8.99 Å². The number of carbonyl (C=O) groups excluding carboxylic acids is 1. The summed E-state index contributed by atoms with van der Waals surface area (Å²) in [7, 11) is -4.22. The van der Waals surface area contributed by atoms with Gasteiger partial charge >= 0.3 is 6.36 Å². The van der Waals surface area contributed by atoms with E-state index in [0.717, 1.165) is 25.7 Å². The number of benzene rings is 2. The van der Waals surface area contributed by atoms with Gasteiger partial charge in [-0.25, -0.2) is 8.42 Å². The number of hydrogen-bond acceptors (Lipinski definition) is 4. The number of rotatable bonds is 4. The van der Waals surface area contributed by atoms with Crippen LogP contribution in [0.1, 0.15) is 19.3 Å². The lowest BCUT2D eigenvalue weighted by Gasteiger charge is -2.37. The SMILES string of the molecule is O=C1N(c2ccc(I)cc2)CCC12CCN(S(=O)(=O)c1ccccc1OC(F)(F)F)CC2. The third-order valence-corrected chi connectivity index (χ3v) is 8.68. The fraction of sp³-hybridized carbons (Fsp3) is 0.381. The highest BCUT2D eigenvalue weighted by molar-refractivity contribution is 14.1. The number of anilines is 1. The number of ether oxygens (including phenoxy) is 1. The summed E-state index contributed by atoms with van der Waals surface area (Å²) in [4.78, 5) is 14.4. The van der Waals surface area contributed by atoms with E-state index in [4.69, 9.17) is 0 Å². The number of piperidine rings is 1. The standard InChI is InChI=1S/C21H20F3IN2O4S/c22-21(23,24)31-17-3-1-2-4-18(17)32(29,30)26-12-9-20(10-13-26)11-14-27(19(20)28)16-7-5-15(25)6-8-16/h1-8H,9-14H2. The van der Waals surface area contributed by atoms with E-state index < -0.39 is 32.4 Å². The van der Waals surface area contributed by atoms with Crippen molar-refractivity contribution in [1.82, 2.24) is 4.31 Å². The molecular formula is C21H20F3IN2O4S. The summed E-state index contributed by atoms with van der Waals surface area (Å²) >= 11 is 2.19. The summed E-state index contributed by atoms with van der Waals surface area (Å²) in [6, 6.07) is 12.3. The van der Waals surface area contributed by atoms with Crippen LogP contribution >= 0.6 is 22.6 Å². The molecule has 1 spiro atoms. The van der Waals surface area contributed by atoms with E-state index in [-0.39, 0.29) is 19.0 Å². The van der Waals surface area contributed by atoms with Crippen molar-refractivity contribution < 1.29 is 31.1 Å². The van der Waals surface area contributed by atoms with Crippen LogP contribution in [0.4, 0.5) is 18.9 Å². The monoisotopic (exact) mass is 580 g/mol. The zero-order valence-corrected chi connectivity index (χ0v) is 19.8. The molecule has 2 fully saturated rings. The number of sulfonamides is 1. The van der Waals surface area contributed by atoms with E-state index in [1.54, 1.807) is 4.90 Å². The molecule has 2 aliphatic heterocycles. The van der Waals surface area contributed by atoms with E-state index in [0.29, 0.717) is 25.8 Å². The Kier molecular flexibility index (Phi) is 6.18. The Morgan fingerprint density at radius 2 is 1.53 bits per heavy atom. The van der Waals surface area contributed by atoms with E-state index in [9.17, 15) is 26.4 Å². The number of carbonyl (C=O) groups is 1. The highest BCUT2D eigenvalue weighted by Gasteiger charge is 2.50. The first-order chi connectivity index (χ1) is 15.0. The molecule has 2 heterocycles. The van der Waals surface area contributed by atoms with Crippen LogP contribution < -0.4 is 9.64 Å². The van der Waals surface area contributed by atoms with Crippen LogP contribution in [0.15, 0.2) is 53.4 Å². The van der Waals surface area contributed by atoms with Gasteiger partial charge in [0.25, 0.3) is 0 Å². The van der Waals surface area contributed by atoms with Crippen LogP contribution in [0.25, 0.3) is 0 Å². The molecule has 0 aromatic heterocycles. The molecule has 0 N–H and O–H groups in total. The number of amides is 1. The Morgan fingerprint density at radius 1 is 0.938 bits per heavy atom. The molecule has 0 bridgehead atoms. The fourth-order valence-electron chi connectivity index (χ4n) is 4.32. The Balaban J connectivity index is 1.50. The molecule has 32 heavy (non-hydrogen) atoms. The molecule has 11 heteroatoms. The van der Waals surface area contributed by atoms with Crippen molar-refractivity contribution in [3.63, 3.8) is 0 Å². The Labute approximate surface area is 197 Å². The number of nitrogens with zero attached hydrogens (tertiary/aromatic N) is 2. The normalized spacial score (nSPS) is 19.5. The van der Waals surface area contributed by atoms with Gasteiger partial charge in [-0.1, -0.05) is 12.1 Å². The minimum absolute atomic E-state index is 0.0310. The number of halogens is 4. The van der Waals surface area contributed by atoms with Gasteiger partial charge < -0.3 is 9.64 Å². The topological polar surface area (TPSA) is 66.9 Å². The van der Waals surface area contributed by atoms with Crippen LogP contribution in [0.5, 0.6) is 5.75 Å². The lowest BCUT2D eigenvalue weighted by molar-refractivity contribution is -0.275. The molecule has 2 saturated heterocycles. The summed E-state index contributed by atoms with van der Waals surface area (Å²) in [6.07, 6.45) is -3.77. The summed E-state index contributed by atoms with van der Waals surface area (Å²) in [5.41, 5.74) is 0.150. The number of para-hydroxylation sites is 1. The van der Waals surface area contributed by atoms with Gasteiger partial charge in [-0.3, -0.25) is 4.79 Å². The van der Waals surface area contributed by atoms with Gasteiger partial charge in [0.1, 0.15) is 10.6 Å². The predicted molar refractivity (Wildman–Crippen MR) is 120 cm³/mol. The molecule has 0 saturated carbocycles. The van der Waals surface area contributed by atoms with Gasteiger partial charge in [0, 0.05) is 28.9 Å². The molecule has 2 aromatic carbocycles. The second kappa shape index (κ2) is 8.49. The van der Waals surface area contributed by atoms with E-state index >= 15 is 0 Å². The molecule has 0 aliphatic carbocycles. The largest absolute Gasteiger partial charge is 0.573 e. The quantitative estimate of drug-likeness (QED) is 0.504. The van der Waals surface area contributed by atoms with Crippen LogP contribution in [0.3, 0.4) is 0 Å². The van der Waals surface area contributed by atoms with Crippen molar-refractivity contribution in [2.45, 2.75) is 30.5 Å². The average molecular weight is 580 g/mol. The van der Waals surface area contributed by atoms with E-state index in [1.165, 1.54) is 12.1 Å². The van der Waals surface area contributed by atoms with Crippen molar-refractivity contribution in [3.8, 4) is 5.75 Å². The molecule has 172 valence electrons. The van der Waals surface area contributed by atoms with E-state index in [2.05, 4.69) is 27.3 Å². The van der Waals surface area contributed by atoms with Crippen molar-refractivity contribution in [3.05, 3.63) is 52.1 Å². The summed E-state index contributed by atoms with van der Waals surface area (Å²) in [5.74, 6) is -0.793. The molecule has 6 nitrogen and oxygen atoms in total. The second-order valence-corrected chi connectivity index (χ2v) is 11.0. The van der Waals surface area contributed by atoms with Gasteiger partial charge in [-0.05, 0) is 78.3 Å².